The molecule has 126 valence electrons. The van der Waals surface area contributed by atoms with Crippen molar-refractivity contribution in [3.8, 4) is 0 Å². The Labute approximate surface area is 137 Å². The molecule has 2 aliphatic heterocycles. The van der Waals surface area contributed by atoms with Gasteiger partial charge in [-0.05, 0) is 31.3 Å². The maximum absolute atomic E-state index is 11.9. The minimum Gasteiger partial charge on any atom is -0.450 e. The molecule has 2 heterocycles. The van der Waals surface area contributed by atoms with Crippen molar-refractivity contribution in [3.63, 3.8) is 0 Å². The summed E-state index contributed by atoms with van der Waals surface area (Å²) in [6.45, 7) is 7.76. The van der Waals surface area contributed by atoms with E-state index in [4.69, 9.17) is 9.47 Å². The molecule has 0 aromatic rings. The second-order valence-electron chi connectivity index (χ2n) is 7.11. The predicted molar refractivity (Wildman–Crippen MR) is 87.2 cm³/mol. The Kier molecular flexibility index (Phi) is 3.93. The largest absolute Gasteiger partial charge is 0.450 e. The Morgan fingerprint density at radius 1 is 1.43 bits per heavy atom. The highest BCUT2D eigenvalue weighted by atomic mass is 16.6. The maximum Gasteiger partial charge on any atom is 0.409 e. The van der Waals surface area contributed by atoms with E-state index >= 15 is 0 Å². The van der Waals surface area contributed by atoms with Gasteiger partial charge in [-0.3, -0.25) is 4.90 Å². The van der Waals surface area contributed by atoms with Gasteiger partial charge in [0.15, 0.2) is 0 Å². The summed E-state index contributed by atoms with van der Waals surface area (Å²) in [5.74, 6) is 0.628. The molecule has 0 aromatic heterocycles. The molecule has 5 nitrogen and oxygen atoms in total. The smallest absolute Gasteiger partial charge is 0.409 e. The molecule has 3 unspecified atom stereocenters. The first-order valence-electron chi connectivity index (χ1n) is 8.85. The monoisotopic (exact) mass is 318 g/mol. The lowest BCUT2D eigenvalue weighted by atomic mass is 9.88. The SMILES string of the molecule is CCOC(=O)N1CC2CC2(C2=CCC(N3CCOCC3)C=C2)C1. The zero-order valence-electron chi connectivity index (χ0n) is 13.9. The Morgan fingerprint density at radius 3 is 2.96 bits per heavy atom. The molecule has 0 bridgehead atoms. The summed E-state index contributed by atoms with van der Waals surface area (Å²) < 4.78 is 10.6. The van der Waals surface area contributed by atoms with Crippen molar-refractivity contribution in [3.05, 3.63) is 23.8 Å². The van der Waals surface area contributed by atoms with Gasteiger partial charge < -0.3 is 14.4 Å². The number of allylic oxidation sites excluding steroid dienone is 1. The lowest BCUT2D eigenvalue weighted by Crippen LogP contribution is -2.43. The molecule has 0 radical (unpaired) electrons. The fraction of sp³-hybridized carbons (Fsp3) is 0.722. The fourth-order valence-electron chi connectivity index (χ4n) is 4.44. The minimum absolute atomic E-state index is 0.148. The van der Waals surface area contributed by atoms with Gasteiger partial charge in [-0.1, -0.05) is 18.2 Å². The molecule has 5 heteroatoms. The normalized spacial score (nSPS) is 36.6. The van der Waals surface area contributed by atoms with Crippen molar-refractivity contribution in [1.82, 2.24) is 9.80 Å². The number of carbonyl (C=O) groups excluding carboxylic acids is 1. The van der Waals surface area contributed by atoms with Crippen molar-refractivity contribution < 1.29 is 14.3 Å². The van der Waals surface area contributed by atoms with Crippen molar-refractivity contribution >= 4 is 6.09 Å². The highest BCUT2D eigenvalue weighted by molar-refractivity contribution is 5.69. The number of carbonyl (C=O) groups is 1. The molecule has 1 saturated carbocycles. The summed E-state index contributed by atoms with van der Waals surface area (Å²) in [4.78, 5) is 16.3. The van der Waals surface area contributed by atoms with E-state index in [9.17, 15) is 4.79 Å². The Balaban J connectivity index is 1.38. The second-order valence-corrected chi connectivity index (χ2v) is 7.11. The summed E-state index contributed by atoms with van der Waals surface area (Å²) in [6.07, 6.45) is 9.25. The standard InChI is InChI=1S/C18H26N2O3/c1-2-23-17(21)20-12-15-11-18(15,13-20)14-3-5-16(6-4-14)19-7-9-22-10-8-19/h3-5,15-16H,2,6-13H2,1H3. The number of hydrogen-bond acceptors (Lipinski definition) is 4. The van der Waals surface area contributed by atoms with Crippen LogP contribution in [0.2, 0.25) is 0 Å². The number of likely N-dealkylation sites (tertiary alicyclic amines) is 1. The van der Waals surface area contributed by atoms with Gasteiger partial charge in [0.25, 0.3) is 0 Å². The minimum atomic E-state index is -0.148. The number of hydrogen-bond donors (Lipinski definition) is 0. The lowest BCUT2D eigenvalue weighted by Gasteiger charge is -2.34. The quantitative estimate of drug-likeness (QED) is 0.799. The van der Waals surface area contributed by atoms with Crippen LogP contribution in [0.15, 0.2) is 23.8 Å². The molecule has 2 saturated heterocycles. The molecule has 1 amide bonds. The first kappa shape index (κ1) is 15.2. The summed E-state index contributed by atoms with van der Waals surface area (Å²) >= 11 is 0. The van der Waals surface area contributed by atoms with Crippen molar-refractivity contribution in [1.29, 1.82) is 0 Å². The van der Waals surface area contributed by atoms with Crippen molar-refractivity contribution in [2.24, 2.45) is 11.3 Å². The molecule has 0 N–H and O–H groups in total. The van der Waals surface area contributed by atoms with Crippen LogP contribution >= 0.6 is 0 Å². The van der Waals surface area contributed by atoms with Crippen molar-refractivity contribution in [2.45, 2.75) is 25.8 Å². The van der Waals surface area contributed by atoms with Crippen LogP contribution in [0.3, 0.4) is 0 Å². The van der Waals surface area contributed by atoms with Crippen LogP contribution in [0.1, 0.15) is 19.8 Å². The first-order valence-corrected chi connectivity index (χ1v) is 8.85. The average molecular weight is 318 g/mol. The van der Waals surface area contributed by atoms with Crippen molar-refractivity contribution in [2.75, 3.05) is 46.0 Å². The number of piperidine rings is 1. The second kappa shape index (κ2) is 5.95. The number of fused-ring (bicyclic) bond motifs is 1. The number of ether oxygens (including phenoxy) is 2. The zero-order valence-corrected chi connectivity index (χ0v) is 13.9. The molecule has 0 aromatic carbocycles. The van der Waals surface area contributed by atoms with Crippen LogP contribution in [0.5, 0.6) is 0 Å². The molecule has 0 spiro atoms. The molecule has 3 atom stereocenters. The van der Waals surface area contributed by atoms with E-state index in [0.717, 1.165) is 45.8 Å². The molecular weight excluding hydrogens is 292 g/mol. The average Bonchev–Trinajstić information content (AvgIpc) is 3.17. The third-order valence-corrected chi connectivity index (χ3v) is 5.84. The summed E-state index contributed by atoms with van der Waals surface area (Å²) in [5, 5.41) is 0. The molecular formula is C18H26N2O3. The summed E-state index contributed by atoms with van der Waals surface area (Å²) in [7, 11) is 0. The Hall–Kier alpha value is -1.33. The van der Waals surface area contributed by atoms with Crippen LogP contribution in [-0.2, 0) is 9.47 Å². The number of amides is 1. The van der Waals surface area contributed by atoms with Crippen LogP contribution < -0.4 is 0 Å². The van der Waals surface area contributed by atoms with E-state index in [1.54, 1.807) is 0 Å². The van der Waals surface area contributed by atoms with Gasteiger partial charge in [-0.15, -0.1) is 0 Å². The van der Waals surface area contributed by atoms with Crippen LogP contribution in [0, 0.1) is 11.3 Å². The van der Waals surface area contributed by atoms with E-state index < -0.39 is 0 Å². The zero-order chi connectivity index (χ0) is 15.9. The van der Waals surface area contributed by atoms with Gasteiger partial charge in [0, 0.05) is 37.6 Å². The van der Waals surface area contributed by atoms with Gasteiger partial charge in [-0.2, -0.15) is 0 Å². The van der Waals surface area contributed by atoms with E-state index in [-0.39, 0.29) is 11.5 Å². The fourth-order valence-corrected chi connectivity index (χ4v) is 4.44. The van der Waals surface area contributed by atoms with E-state index in [2.05, 4.69) is 23.1 Å². The van der Waals surface area contributed by atoms with E-state index in [1.807, 2.05) is 11.8 Å². The van der Waals surface area contributed by atoms with Gasteiger partial charge in [0.05, 0.1) is 19.8 Å². The number of morpholine rings is 1. The van der Waals surface area contributed by atoms with Crippen LogP contribution in [0.4, 0.5) is 4.79 Å². The molecule has 4 aliphatic rings. The lowest BCUT2D eigenvalue weighted by molar-refractivity contribution is 0.0258. The van der Waals surface area contributed by atoms with Gasteiger partial charge in [0.2, 0.25) is 0 Å². The topological polar surface area (TPSA) is 42.0 Å². The van der Waals surface area contributed by atoms with Gasteiger partial charge in [-0.25, -0.2) is 4.79 Å². The highest BCUT2D eigenvalue weighted by Gasteiger charge is 2.62. The molecule has 4 rings (SSSR count). The third kappa shape index (κ3) is 2.70. The van der Waals surface area contributed by atoms with Crippen LogP contribution in [-0.4, -0.2) is 67.9 Å². The summed E-state index contributed by atoms with van der Waals surface area (Å²) in [6, 6.07) is 0.513. The Bertz CT molecular complexity index is 538. The highest BCUT2D eigenvalue weighted by Crippen LogP contribution is 2.63. The third-order valence-electron chi connectivity index (χ3n) is 5.84. The number of rotatable bonds is 3. The van der Waals surface area contributed by atoms with Gasteiger partial charge >= 0.3 is 6.09 Å². The van der Waals surface area contributed by atoms with Gasteiger partial charge in [0.1, 0.15) is 0 Å². The molecule has 23 heavy (non-hydrogen) atoms. The van der Waals surface area contributed by atoms with Crippen LogP contribution in [0.25, 0.3) is 0 Å². The van der Waals surface area contributed by atoms with E-state index in [1.165, 1.54) is 12.0 Å². The van der Waals surface area contributed by atoms with E-state index in [0.29, 0.717) is 18.6 Å². The first-order chi connectivity index (χ1) is 11.2. The summed E-state index contributed by atoms with van der Waals surface area (Å²) in [5.41, 5.74) is 1.66. The molecule has 3 fully saturated rings. The number of nitrogens with zero attached hydrogens (tertiary/aromatic N) is 2. The Morgan fingerprint density at radius 2 is 2.26 bits per heavy atom. The predicted octanol–water partition coefficient (Wildman–Crippen LogP) is 2.05. The maximum atomic E-state index is 11.9. The molecule has 2 aliphatic carbocycles.